The molecule has 0 aliphatic rings. The number of nitrogens with two attached hydrogens (primary N) is 1. The average Bonchev–Trinajstić information content (AvgIpc) is 2.79. The second kappa shape index (κ2) is 5.87. The van der Waals surface area contributed by atoms with Crippen LogP contribution >= 0.6 is 11.8 Å². The number of nitrogens with zero attached hydrogens (tertiary/aromatic N) is 2. The first-order chi connectivity index (χ1) is 9.45. The zero-order valence-corrected chi connectivity index (χ0v) is 11.2. The lowest BCUT2D eigenvalue weighted by atomic mass is 10.3. The highest BCUT2D eigenvalue weighted by Crippen LogP contribution is 2.22. The van der Waals surface area contributed by atoms with Crippen LogP contribution in [-0.2, 0) is 4.79 Å². The zero-order chi connectivity index (χ0) is 14.7. The Bertz CT molecular complexity index is 633. The predicted molar refractivity (Wildman–Crippen MR) is 71.1 cm³/mol. The van der Waals surface area contributed by atoms with Gasteiger partial charge < -0.3 is 11.1 Å². The number of hydrogen-bond donors (Lipinski definition) is 3. The molecule has 1 aromatic heterocycles. The van der Waals surface area contributed by atoms with Gasteiger partial charge in [-0.25, -0.2) is 13.9 Å². The fraction of sp³-hybridized carbons (Fsp3) is 0.182. The first kappa shape index (κ1) is 14.3. The predicted octanol–water partition coefficient (Wildman–Crippen LogP) is 1.78. The van der Waals surface area contributed by atoms with Crippen LogP contribution in [0.15, 0.2) is 23.4 Å². The SMILES string of the molecule is C[C@H](Sc1n[nH]c(N)n1)C(=O)Nc1cc(F)ccc1F. The fourth-order valence-corrected chi connectivity index (χ4v) is 2.08. The maximum atomic E-state index is 13.4. The molecule has 0 unspecified atom stereocenters. The maximum Gasteiger partial charge on any atom is 0.237 e. The lowest BCUT2D eigenvalue weighted by Gasteiger charge is -2.10. The molecule has 1 heterocycles. The molecule has 0 spiro atoms. The van der Waals surface area contributed by atoms with Crippen molar-refractivity contribution in [2.75, 3.05) is 11.1 Å². The zero-order valence-electron chi connectivity index (χ0n) is 10.4. The van der Waals surface area contributed by atoms with Gasteiger partial charge in [-0.3, -0.25) is 4.79 Å². The molecule has 1 aromatic carbocycles. The van der Waals surface area contributed by atoms with Crippen molar-refractivity contribution in [3.05, 3.63) is 29.8 Å². The second-order valence-electron chi connectivity index (χ2n) is 3.88. The van der Waals surface area contributed by atoms with E-state index in [4.69, 9.17) is 5.73 Å². The van der Waals surface area contributed by atoms with Crippen molar-refractivity contribution in [1.82, 2.24) is 15.2 Å². The van der Waals surface area contributed by atoms with Crippen molar-refractivity contribution in [1.29, 1.82) is 0 Å². The Hall–Kier alpha value is -2.16. The highest BCUT2D eigenvalue weighted by atomic mass is 32.2. The van der Waals surface area contributed by atoms with Gasteiger partial charge in [-0.15, -0.1) is 5.10 Å². The van der Waals surface area contributed by atoms with Crippen LogP contribution in [0.2, 0.25) is 0 Å². The second-order valence-corrected chi connectivity index (χ2v) is 5.18. The summed E-state index contributed by atoms with van der Waals surface area (Å²) in [5, 5.41) is 8.20. The maximum absolute atomic E-state index is 13.4. The topological polar surface area (TPSA) is 96.7 Å². The van der Waals surface area contributed by atoms with Crippen molar-refractivity contribution < 1.29 is 13.6 Å². The fourth-order valence-electron chi connectivity index (χ4n) is 1.35. The first-order valence-corrected chi connectivity index (χ1v) is 6.44. The van der Waals surface area contributed by atoms with Crippen LogP contribution in [0.1, 0.15) is 6.92 Å². The number of hydrogen-bond acceptors (Lipinski definition) is 5. The Morgan fingerprint density at radius 1 is 1.50 bits per heavy atom. The van der Waals surface area contributed by atoms with Gasteiger partial charge in [0.1, 0.15) is 11.6 Å². The van der Waals surface area contributed by atoms with E-state index in [1.165, 1.54) is 0 Å². The summed E-state index contributed by atoms with van der Waals surface area (Å²) in [6, 6.07) is 2.83. The monoisotopic (exact) mass is 299 g/mol. The van der Waals surface area contributed by atoms with E-state index in [1.54, 1.807) is 6.92 Å². The van der Waals surface area contributed by atoms with Gasteiger partial charge >= 0.3 is 0 Å². The number of halogens is 2. The van der Waals surface area contributed by atoms with Crippen LogP contribution in [0.3, 0.4) is 0 Å². The number of rotatable bonds is 4. The Balaban J connectivity index is 2.02. The molecule has 6 nitrogen and oxygen atoms in total. The van der Waals surface area contributed by atoms with E-state index in [-0.39, 0.29) is 11.6 Å². The summed E-state index contributed by atoms with van der Waals surface area (Å²) in [6.07, 6.45) is 0. The molecule has 1 atom stereocenters. The molecule has 0 bridgehead atoms. The molecule has 0 aliphatic heterocycles. The summed E-state index contributed by atoms with van der Waals surface area (Å²) < 4.78 is 26.4. The Morgan fingerprint density at radius 3 is 2.90 bits per heavy atom. The molecule has 2 aromatic rings. The molecule has 0 fully saturated rings. The Labute approximate surface area is 117 Å². The van der Waals surface area contributed by atoms with Gasteiger partial charge in [-0.1, -0.05) is 11.8 Å². The normalized spacial score (nSPS) is 12.2. The molecular weight excluding hydrogens is 288 g/mol. The molecule has 0 aliphatic carbocycles. The van der Waals surface area contributed by atoms with E-state index in [9.17, 15) is 13.6 Å². The highest BCUT2D eigenvalue weighted by Gasteiger charge is 2.18. The molecule has 0 saturated carbocycles. The van der Waals surface area contributed by atoms with Crippen molar-refractivity contribution in [3.63, 3.8) is 0 Å². The van der Waals surface area contributed by atoms with E-state index >= 15 is 0 Å². The standard InChI is InChI=1S/C11H11F2N5OS/c1-5(20-11-16-10(14)17-18-11)9(19)15-8-4-6(12)2-3-7(8)13/h2-5H,1H3,(H,15,19)(H3,14,16,17,18)/t5-/m0/s1. The number of carbonyl (C=O) groups excluding carboxylic acids is 1. The van der Waals surface area contributed by atoms with E-state index in [2.05, 4.69) is 20.5 Å². The van der Waals surface area contributed by atoms with E-state index in [0.29, 0.717) is 5.16 Å². The average molecular weight is 299 g/mol. The summed E-state index contributed by atoms with van der Waals surface area (Å²) in [5.41, 5.74) is 5.15. The number of H-pyrrole nitrogens is 1. The van der Waals surface area contributed by atoms with Gasteiger partial charge in [0.25, 0.3) is 0 Å². The third-order valence-electron chi connectivity index (χ3n) is 2.32. The van der Waals surface area contributed by atoms with Crippen LogP contribution in [0, 0.1) is 11.6 Å². The van der Waals surface area contributed by atoms with Crippen LogP contribution in [-0.4, -0.2) is 26.3 Å². The van der Waals surface area contributed by atoms with Crippen molar-refractivity contribution >= 4 is 29.3 Å². The number of carbonyl (C=O) groups is 1. The number of thioether (sulfide) groups is 1. The Kier molecular flexibility index (Phi) is 4.18. The van der Waals surface area contributed by atoms with Crippen molar-refractivity contribution in [2.24, 2.45) is 0 Å². The molecular formula is C11H11F2N5OS. The van der Waals surface area contributed by atoms with Crippen LogP contribution in [0.4, 0.5) is 20.4 Å². The summed E-state index contributed by atoms with van der Waals surface area (Å²) in [6.45, 7) is 1.59. The lowest BCUT2D eigenvalue weighted by Crippen LogP contribution is -2.23. The molecule has 0 saturated heterocycles. The number of anilines is 2. The van der Waals surface area contributed by atoms with Crippen molar-refractivity contribution in [3.8, 4) is 0 Å². The number of nitrogen functional groups attached to an aromatic ring is 1. The van der Waals surface area contributed by atoms with Crippen molar-refractivity contribution in [2.45, 2.75) is 17.3 Å². The summed E-state index contributed by atoms with van der Waals surface area (Å²) in [4.78, 5) is 15.7. The third-order valence-corrected chi connectivity index (χ3v) is 3.28. The number of aromatic amines is 1. The molecule has 106 valence electrons. The first-order valence-electron chi connectivity index (χ1n) is 5.56. The summed E-state index contributed by atoms with van der Waals surface area (Å²) >= 11 is 1.04. The van der Waals surface area contributed by atoms with E-state index in [1.807, 2.05) is 0 Å². The molecule has 0 radical (unpaired) electrons. The minimum absolute atomic E-state index is 0.135. The van der Waals surface area contributed by atoms with Crippen LogP contribution in [0.5, 0.6) is 0 Å². The number of benzene rings is 1. The lowest BCUT2D eigenvalue weighted by molar-refractivity contribution is -0.115. The van der Waals surface area contributed by atoms with Gasteiger partial charge in [0.2, 0.25) is 17.0 Å². The number of nitrogens with one attached hydrogen (secondary N) is 2. The number of amides is 1. The number of aromatic nitrogens is 3. The quantitative estimate of drug-likeness (QED) is 0.748. The van der Waals surface area contributed by atoms with Gasteiger partial charge in [-0.2, -0.15) is 4.98 Å². The highest BCUT2D eigenvalue weighted by molar-refractivity contribution is 8.00. The smallest absolute Gasteiger partial charge is 0.237 e. The molecule has 9 heteroatoms. The Morgan fingerprint density at radius 2 is 2.25 bits per heavy atom. The molecule has 20 heavy (non-hydrogen) atoms. The third kappa shape index (κ3) is 3.44. The van der Waals surface area contributed by atoms with E-state index in [0.717, 1.165) is 30.0 Å². The van der Waals surface area contributed by atoms with Gasteiger partial charge in [0, 0.05) is 6.07 Å². The van der Waals surface area contributed by atoms with Gasteiger partial charge in [0.05, 0.1) is 10.9 Å². The minimum Gasteiger partial charge on any atom is -0.368 e. The molecule has 2 rings (SSSR count). The summed E-state index contributed by atoms with van der Waals surface area (Å²) in [5.74, 6) is -1.71. The molecule has 4 N–H and O–H groups in total. The molecule has 1 amide bonds. The van der Waals surface area contributed by atoms with Crippen LogP contribution in [0.25, 0.3) is 0 Å². The largest absolute Gasteiger partial charge is 0.368 e. The minimum atomic E-state index is -0.709. The van der Waals surface area contributed by atoms with Gasteiger partial charge in [0.15, 0.2) is 0 Å². The van der Waals surface area contributed by atoms with E-state index < -0.39 is 22.8 Å². The summed E-state index contributed by atoms with van der Waals surface area (Å²) in [7, 11) is 0. The van der Waals surface area contributed by atoms with Crippen LogP contribution < -0.4 is 11.1 Å². The van der Waals surface area contributed by atoms with Gasteiger partial charge in [-0.05, 0) is 19.1 Å².